The van der Waals surface area contributed by atoms with Crippen LogP contribution >= 0.6 is 34.8 Å². The second kappa shape index (κ2) is 7.88. The first-order valence-corrected chi connectivity index (χ1v) is 8.76. The average Bonchev–Trinajstić information content (AvgIpc) is 2.63. The Labute approximate surface area is 165 Å². The van der Waals surface area contributed by atoms with E-state index in [0.717, 1.165) is 5.56 Å². The number of carbonyl (C=O) groups excluding carboxylic acids is 1. The number of aromatic nitrogens is 1. The van der Waals surface area contributed by atoms with Gasteiger partial charge in [-0.3, -0.25) is 9.78 Å². The summed E-state index contributed by atoms with van der Waals surface area (Å²) in [5.41, 5.74) is 3.28. The maximum atomic E-state index is 11.9. The molecule has 0 bridgehead atoms. The minimum atomic E-state index is -0.668. The summed E-state index contributed by atoms with van der Waals surface area (Å²) >= 11 is 18.1. The fourth-order valence-corrected chi connectivity index (χ4v) is 3.17. The molecule has 26 heavy (non-hydrogen) atoms. The minimum Gasteiger partial charge on any atom is -0.276 e. The molecule has 0 fully saturated rings. The highest BCUT2D eigenvalue weighted by Crippen LogP contribution is 2.37. The second-order valence-electron chi connectivity index (χ2n) is 5.47. The molecule has 0 spiro atoms. The zero-order chi connectivity index (χ0) is 18.7. The van der Waals surface area contributed by atoms with Crippen LogP contribution in [0.4, 0.5) is 0 Å². The second-order valence-corrected chi connectivity index (χ2v) is 6.66. The fraction of sp³-hybridized carbons (Fsp3) is 0.0500. The van der Waals surface area contributed by atoms with Crippen molar-refractivity contribution >= 4 is 40.0 Å². The molecule has 0 atom stereocenters. The van der Waals surface area contributed by atoms with Crippen molar-refractivity contribution in [1.82, 2.24) is 4.98 Å². The molecule has 0 aliphatic carbocycles. The molecule has 3 aromatic rings. The van der Waals surface area contributed by atoms with E-state index in [1.165, 1.54) is 0 Å². The topological polar surface area (TPSA) is 53.8 Å². The van der Waals surface area contributed by atoms with Crippen molar-refractivity contribution in [3.63, 3.8) is 0 Å². The van der Waals surface area contributed by atoms with Crippen molar-refractivity contribution in [3.8, 4) is 28.5 Å². The van der Waals surface area contributed by atoms with Crippen LogP contribution in [-0.4, -0.2) is 10.2 Å². The van der Waals surface area contributed by atoms with Crippen molar-refractivity contribution in [2.24, 2.45) is 0 Å². The van der Waals surface area contributed by atoms with Gasteiger partial charge in [0.15, 0.2) is 0 Å². The van der Waals surface area contributed by atoms with E-state index in [1.807, 2.05) is 36.4 Å². The molecule has 0 N–H and O–H groups in total. The first-order valence-electron chi connectivity index (χ1n) is 7.63. The first-order chi connectivity index (χ1) is 12.5. The number of benzene rings is 2. The van der Waals surface area contributed by atoms with Crippen LogP contribution in [0.25, 0.3) is 22.4 Å². The predicted molar refractivity (Wildman–Crippen MR) is 105 cm³/mol. The molecule has 128 valence electrons. The lowest BCUT2D eigenvalue weighted by molar-refractivity contribution is 0.108. The highest BCUT2D eigenvalue weighted by molar-refractivity contribution is 6.68. The summed E-state index contributed by atoms with van der Waals surface area (Å²) < 4.78 is 0. The van der Waals surface area contributed by atoms with E-state index in [1.54, 1.807) is 24.3 Å². The number of hydrogen-bond acceptors (Lipinski definition) is 3. The van der Waals surface area contributed by atoms with Crippen molar-refractivity contribution < 1.29 is 4.79 Å². The van der Waals surface area contributed by atoms with Crippen LogP contribution < -0.4 is 0 Å². The number of hydrogen-bond donors (Lipinski definition) is 0. The lowest BCUT2D eigenvalue weighted by Gasteiger charge is -2.14. The smallest absolute Gasteiger partial charge is 0.254 e. The Morgan fingerprint density at radius 1 is 1.04 bits per heavy atom. The summed E-state index contributed by atoms with van der Waals surface area (Å²) in [6.45, 7) is 0. The third kappa shape index (κ3) is 3.73. The molecule has 3 rings (SSSR count). The Morgan fingerprint density at radius 3 is 2.35 bits per heavy atom. The third-order valence-electron chi connectivity index (χ3n) is 3.84. The average molecular weight is 402 g/mol. The van der Waals surface area contributed by atoms with E-state index < -0.39 is 5.24 Å². The Bertz CT molecular complexity index is 1020. The zero-order valence-corrected chi connectivity index (χ0v) is 15.6. The van der Waals surface area contributed by atoms with E-state index in [9.17, 15) is 4.79 Å². The van der Waals surface area contributed by atoms with Gasteiger partial charge in [0.25, 0.3) is 5.24 Å². The fourth-order valence-electron chi connectivity index (χ4n) is 2.64. The molecule has 0 radical (unpaired) electrons. The summed E-state index contributed by atoms with van der Waals surface area (Å²) in [6, 6.07) is 18.1. The van der Waals surface area contributed by atoms with Crippen LogP contribution in [0.15, 0.2) is 54.6 Å². The molecule has 0 aliphatic rings. The molecular weight excluding hydrogens is 391 g/mol. The molecule has 2 aromatic carbocycles. The van der Waals surface area contributed by atoms with Crippen LogP contribution in [0.2, 0.25) is 10.0 Å². The summed E-state index contributed by atoms with van der Waals surface area (Å²) in [5.74, 6) is 0. The molecule has 1 aromatic heterocycles. The molecule has 3 nitrogen and oxygen atoms in total. The Hall–Kier alpha value is -2.38. The summed E-state index contributed by atoms with van der Waals surface area (Å²) in [4.78, 5) is 16.4. The predicted octanol–water partition coefficient (Wildman–Crippen LogP) is 6.17. The van der Waals surface area contributed by atoms with E-state index in [4.69, 9.17) is 40.1 Å². The van der Waals surface area contributed by atoms with Gasteiger partial charge in [-0.15, -0.1) is 0 Å². The number of carbonyl (C=O) groups is 1. The standard InChI is InChI=1S/C20H11Cl3N2O/c21-13-7-5-12(6-8-13)19-15(14-3-1-2-4-17(14)22)11-16(20(23)26)18(25-19)9-10-24/h1-8,11H,9H2. The van der Waals surface area contributed by atoms with Crippen molar-refractivity contribution in [1.29, 1.82) is 5.26 Å². The highest BCUT2D eigenvalue weighted by Gasteiger charge is 2.19. The molecule has 0 saturated heterocycles. The van der Waals surface area contributed by atoms with E-state index >= 15 is 0 Å². The Balaban J connectivity index is 2.34. The van der Waals surface area contributed by atoms with Gasteiger partial charge in [0.2, 0.25) is 0 Å². The van der Waals surface area contributed by atoms with Crippen molar-refractivity contribution in [2.75, 3.05) is 0 Å². The van der Waals surface area contributed by atoms with Gasteiger partial charge in [0, 0.05) is 26.7 Å². The van der Waals surface area contributed by atoms with Crippen LogP contribution in [0.3, 0.4) is 0 Å². The first kappa shape index (κ1) is 18.4. The SMILES string of the molecule is N#CCc1nc(-c2ccc(Cl)cc2)c(-c2ccccc2Cl)cc1C(=O)Cl. The summed E-state index contributed by atoms with van der Waals surface area (Å²) in [5, 5.41) is 9.52. The molecular formula is C20H11Cl3N2O. The molecule has 1 heterocycles. The number of pyridine rings is 1. The molecule has 0 unspecified atom stereocenters. The van der Waals surface area contributed by atoms with E-state index in [2.05, 4.69) is 4.98 Å². The monoisotopic (exact) mass is 400 g/mol. The van der Waals surface area contributed by atoms with Gasteiger partial charge >= 0.3 is 0 Å². The van der Waals surface area contributed by atoms with Crippen LogP contribution in [0, 0.1) is 11.3 Å². The molecule has 0 amide bonds. The highest BCUT2D eigenvalue weighted by atomic mass is 35.5. The third-order valence-corrected chi connectivity index (χ3v) is 4.63. The zero-order valence-electron chi connectivity index (χ0n) is 13.3. The van der Waals surface area contributed by atoms with Crippen LogP contribution in [0.5, 0.6) is 0 Å². The molecule has 0 aliphatic heterocycles. The van der Waals surface area contributed by atoms with E-state index in [0.29, 0.717) is 32.6 Å². The minimum absolute atomic E-state index is 0.0306. The van der Waals surface area contributed by atoms with Gasteiger partial charge in [-0.2, -0.15) is 5.26 Å². The van der Waals surface area contributed by atoms with Crippen LogP contribution in [0.1, 0.15) is 16.1 Å². The largest absolute Gasteiger partial charge is 0.276 e. The lowest BCUT2D eigenvalue weighted by Crippen LogP contribution is -2.04. The maximum absolute atomic E-state index is 11.9. The van der Waals surface area contributed by atoms with Crippen LogP contribution in [-0.2, 0) is 6.42 Å². The quantitative estimate of drug-likeness (QED) is 0.491. The van der Waals surface area contributed by atoms with E-state index in [-0.39, 0.29) is 12.0 Å². The normalized spacial score (nSPS) is 10.4. The summed E-state index contributed by atoms with van der Waals surface area (Å²) in [7, 11) is 0. The lowest BCUT2D eigenvalue weighted by atomic mass is 9.96. The van der Waals surface area contributed by atoms with Gasteiger partial charge in [-0.05, 0) is 35.9 Å². The van der Waals surface area contributed by atoms with Crippen molar-refractivity contribution in [2.45, 2.75) is 6.42 Å². The van der Waals surface area contributed by atoms with Gasteiger partial charge in [-0.1, -0.05) is 53.5 Å². The van der Waals surface area contributed by atoms with Crippen molar-refractivity contribution in [3.05, 3.63) is 75.9 Å². The maximum Gasteiger partial charge on any atom is 0.254 e. The Kier molecular flexibility index (Phi) is 5.58. The van der Waals surface area contributed by atoms with Gasteiger partial charge in [0.05, 0.1) is 29.4 Å². The van der Waals surface area contributed by atoms with Gasteiger partial charge < -0.3 is 0 Å². The number of rotatable bonds is 4. The molecule has 0 saturated carbocycles. The number of nitrogens with zero attached hydrogens (tertiary/aromatic N) is 2. The number of halogens is 3. The van der Waals surface area contributed by atoms with Gasteiger partial charge in [0.1, 0.15) is 0 Å². The summed E-state index contributed by atoms with van der Waals surface area (Å²) in [6.07, 6.45) is -0.0306. The van der Waals surface area contributed by atoms with Gasteiger partial charge in [-0.25, -0.2) is 0 Å². The molecule has 6 heteroatoms. The number of nitriles is 1. The Morgan fingerprint density at radius 2 is 1.73 bits per heavy atom.